The van der Waals surface area contributed by atoms with E-state index in [1.165, 1.54) is 17.4 Å². The first-order valence-electron chi connectivity index (χ1n) is 5.33. The van der Waals surface area contributed by atoms with Crippen molar-refractivity contribution >= 4 is 51.5 Å². The third-order valence-corrected chi connectivity index (χ3v) is 4.20. The molecule has 0 saturated heterocycles. The van der Waals surface area contributed by atoms with E-state index < -0.39 is 17.3 Å². The van der Waals surface area contributed by atoms with Gasteiger partial charge in [-0.05, 0) is 12.1 Å². The van der Waals surface area contributed by atoms with Crippen LogP contribution in [0.15, 0.2) is 18.2 Å². The maximum absolute atomic E-state index is 13.6. The van der Waals surface area contributed by atoms with Crippen LogP contribution >= 0.6 is 34.5 Å². The van der Waals surface area contributed by atoms with Crippen molar-refractivity contribution in [3.63, 3.8) is 0 Å². The molecule has 20 heavy (non-hydrogen) atoms. The smallest absolute Gasteiger partial charge is 0.338 e. The van der Waals surface area contributed by atoms with Crippen molar-refractivity contribution in [2.24, 2.45) is 0 Å². The van der Waals surface area contributed by atoms with Gasteiger partial charge in [0.1, 0.15) is 16.0 Å². The number of aromatic nitrogens is 2. The normalized spacial score (nSPS) is 11.2. The van der Waals surface area contributed by atoms with E-state index in [1.54, 1.807) is 6.07 Å². The van der Waals surface area contributed by atoms with Crippen molar-refractivity contribution < 1.29 is 14.3 Å². The Kier molecular flexibility index (Phi) is 3.16. The Balaban J connectivity index is 2.20. The fraction of sp³-hybridized carbons (Fsp3) is 0. The summed E-state index contributed by atoms with van der Waals surface area (Å²) >= 11 is 13.1. The Hall–Kier alpha value is -1.63. The van der Waals surface area contributed by atoms with Crippen LogP contribution in [0.5, 0.6) is 0 Å². The minimum Gasteiger partial charge on any atom is -0.478 e. The molecule has 0 saturated carbocycles. The summed E-state index contributed by atoms with van der Waals surface area (Å²) in [5.41, 5.74) is 0.901. The lowest BCUT2D eigenvalue weighted by Gasteiger charge is -1.95. The van der Waals surface area contributed by atoms with Gasteiger partial charge in [0, 0.05) is 11.6 Å². The van der Waals surface area contributed by atoms with Crippen molar-refractivity contribution in [1.29, 1.82) is 0 Å². The molecular weight excluding hydrogens is 326 g/mol. The van der Waals surface area contributed by atoms with Gasteiger partial charge < -0.3 is 10.1 Å². The molecule has 0 fully saturated rings. The monoisotopic (exact) mass is 330 g/mol. The molecule has 0 spiro atoms. The molecule has 0 aliphatic heterocycles. The fourth-order valence-corrected chi connectivity index (χ4v) is 3.29. The number of fused-ring (bicyclic) bond motifs is 1. The summed E-state index contributed by atoms with van der Waals surface area (Å²) in [6.07, 6.45) is 0. The van der Waals surface area contributed by atoms with Crippen LogP contribution in [0, 0.1) is 5.82 Å². The summed E-state index contributed by atoms with van der Waals surface area (Å²) in [6, 6.07) is 3.91. The number of aromatic carboxylic acids is 1. The first-order valence-corrected chi connectivity index (χ1v) is 6.90. The molecule has 0 unspecified atom stereocenters. The number of rotatable bonds is 2. The lowest BCUT2D eigenvalue weighted by atomic mass is 10.2. The van der Waals surface area contributed by atoms with Gasteiger partial charge >= 0.3 is 5.97 Å². The third kappa shape index (κ3) is 2.15. The molecular formula is C12H5Cl2FN2O2S. The molecule has 3 rings (SSSR count). The molecule has 4 nitrogen and oxygen atoms in total. The number of imidazole rings is 1. The summed E-state index contributed by atoms with van der Waals surface area (Å²) in [4.78, 5) is 18.0. The molecule has 0 radical (unpaired) electrons. The number of carbonyl (C=O) groups is 1. The molecule has 8 heteroatoms. The van der Waals surface area contributed by atoms with Crippen LogP contribution in [0.3, 0.4) is 0 Å². The van der Waals surface area contributed by atoms with Crippen molar-refractivity contribution in [2.75, 3.05) is 0 Å². The van der Waals surface area contributed by atoms with Gasteiger partial charge in [0.05, 0.1) is 20.9 Å². The molecule has 2 N–H and O–H groups in total. The van der Waals surface area contributed by atoms with Gasteiger partial charge in [-0.25, -0.2) is 14.2 Å². The minimum atomic E-state index is -1.34. The standard InChI is InChI=1S/C12H5Cl2FN2O2S/c13-9-2-5(10(14)20-9)11-16-7-1-4(12(18)19)6(15)3-8(7)17-11/h1-3H,(H,16,17)(H,18,19). The topological polar surface area (TPSA) is 66.0 Å². The van der Waals surface area contributed by atoms with Crippen molar-refractivity contribution in [3.8, 4) is 11.4 Å². The Morgan fingerprint density at radius 3 is 2.70 bits per heavy atom. The van der Waals surface area contributed by atoms with Crippen molar-refractivity contribution in [2.45, 2.75) is 0 Å². The second kappa shape index (κ2) is 4.73. The number of benzene rings is 1. The van der Waals surface area contributed by atoms with E-state index in [1.807, 2.05) is 0 Å². The quantitative estimate of drug-likeness (QED) is 0.730. The van der Waals surface area contributed by atoms with Crippen LogP contribution in [-0.2, 0) is 0 Å². The lowest BCUT2D eigenvalue weighted by molar-refractivity contribution is 0.0692. The Morgan fingerprint density at radius 1 is 1.35 bits per heavy atom. The zero-order chi connectivity index (χ0) is 14.4. The molecule has 0 atom stereocenters. The van der Waals surface area contributed by atoms with Gasteiger partial charge in [0.15, 0.2) is 0 Å². The Morgan fingerprint density at radius 2 is 2.10 bits per heavy atom. The number of nitrogens with zero attached hydrogens (tertiary/aromatic N) is 1. The van der Waals surface area contributed by atoms with Crippen LogP contribution in [0.2, 0.25) is 8.67 Å². The highest BCUT2D eigenvalue weighted by atomic mass is 35.5. The predicted octanol–water partition coefficient (Wildman–Crippen LogP) is 4.44. The highest BCUT2D eigenvalue weighted by Gasteiger charge is 2.16. The van der Waals surface area contributed by atoms with Gasteiger partial charge in [0.2, 0.25) is 0 Å². The molecule has 3 aromatic rings. The summed E-state index contributed by atoms with van der Waals surface area (Å²) < 4.78 is 14.5. The Bertz CT molecular complexity index is 843. The molecule has 102 valence electrons. The summed E-state index contributed by atoms with van der Waals surface area (Å²) in [5, 5.41) is 8.88. The molecule has 1 aromatic carbocycles. The zero-order valence-electron chi connectivity index (χ0n) is 9.58. The number of halogens is 3. The van der Waals surface area contributed by atoms with Gasteiger partial charge in [0.25, 0.3) is 0 Å². The minimum absolute atomic E-state index is 0.345. The maximum atomic E-state index is 13.6. The van der Waals surface area contributed by atoms with E-state index in [0.29, 0.717) is 31.1 Å². The van der Waals surface area contributed by atoms with E-state index in [2.05, 4.69) is 9.97 Å². The number of H-pyrrole nitrogens is 1. The van der Waals surface area contributed by atoms with Gasteiger partial charge in [-0.15, -0.1) is 11.3 Å². The lowest BCUT2D eigenvalue weighted by Crippen LogP contribution is -1.99. The highest BCUT2D eigenvalue weighted by molar-refractivity contribution is 7.20. The number of hydrogen-bond acceptors (Lipinski definition) is 3. The van der Waals surface area contributed by atoms with Crippen LogP contribution < -0.4 is 0 Å². The summed E-state index contributed by atoms with van der Waals surface area (Å²) in [7, 11) is 0. The molecule has 0 aliphatic carbocycles. The average molecular weight is 331 g/mol. The summed E-state index contributed by atoms with van der Waals surface area (Å²) in [6.45, 7) is 0. The van der Waals surface area contributed by atoms with E-state index in [9.17, 15) is 9.18 Å². The number of carboxylic acids is 1. The highest BCUT2D eigenvalue weighted by Crippen LogP contribution is 2.37. The average Bonchev–Trinajstić information content (AvgIpc) is 2.90. The van der Waals surface area contributed by atoms with Crippen molar-refractivity contribution in [1.82, 2.24) is 9.97 Å². The van der Waals surface area contributed by atoms with Gasteiger partial charge in [-0.2, -0.15) is 0 Å². The first kappa shape index (κ1) is 13.4. The van der Waals surface area contributed by atoms with Gasteiger partial charge in [-0.1, -0.05) is 23.2 Å². The van der Waals surface area contributed by atoms with E-state index in [4.69, 9.17) is 28.3 Å². The second-order valence-corrected chi connectivity index (χ2v) is 6.26. The van der Waals surface area contributed by atoms with Crippen LogP contribution in [-0.4, -0.2) is 21.0 Å². The predicted molar refractivity (Wildman–Crippen MR) is 76.3 cm³/mol. The van der Waals surface area contributed by atoms with Crippen LogP contribution in [0.4, 0.5) is 4.39 Å². The number of aromatic amines is 1. The van der Waals surface area contributed by atoms with Crippen LogP contribution in [0.1, 0.15) is 10.4 Å². The third-order valence-electron chi connectivity index (χ3n) is 2.71. The van der Waals surface area contributed by atoms with E-state index >= 15 is 0 Å². The SMILES string of the molecule is O=C(O)c1cc2nc(-c3cc(Cl)sc3Cl)[nH]c2cc1F. The molecule has 0 bridgehead atoms. The molecule has 0 aliphatic rings. The zero-order valence-corrected chi connectivity index (χ0v) is 11.9. The van der Waals surface area contributed by atoms with E-state index in [-0.39, 0.29) is 0 Å². The van der Waals surface area contributed by atoms with Crippen LogP contribution in [0.25, 0.3) is 22.4 Å². The van der Waals surface area contributed by atoms with Crippen molar-refractivity contribution in [3.05, 3.63) is 38.3 Å². The van der Waals surface area contributed by atoms with E-state index in [0.717, 1.165) is 6.07 Å². The number of thiophene rings is 1. The molecule has 0 amide bonds. The fourth-order valence-electron chi connectivity index (χ4n) is 1.82. The number of carboxylic acid groups (broad SMARTS) is 1. The number of nitrogens with one attached hydrogen (secondary N) is 1. The molecule has 2 aromatic heterocycles. The first-order chi connectivity index (χ1) is 9.45. The largest absolute Gasteiger partial charge is 0.478 e. The Labute approximate surface area is 125 Å². The number of hydrogen-bond donors (Lipinski definition) is 2. The summed E-state index contributed by atoms with van der Waals surface area (Å²) in [5.74, 6) is -1.75. The van der Waals surface area contributed by atoms with Gasteiger partial charge in [-0.3, -0.25) is 0 Å². The molecule has 2 heterocycles. The second-order valence-electron chi connectivity index (χ2n) is 3.98. The maximum Gasteiger partial charge on any atom is 0.338 e.